The van der Waals surface area contributed by atoms with Gasteiger partial charge in [0, 0.05) is 10.4 Å². The van der Waals surface area contributed by atoms with Gasteiger partial charge in [-0.25, -0.2) is 0 Å². The molecule has 0 fully saturated rings. The highest BCUT2D eigenvalue weighted by molar-refractivity contribution is 6.30. The summed E-state index contributed by atoms with van der Waals surface area (Å²) in [5.41, 5.74) is 2.79. The van der Waals surface area contributed by atoms with Crippen LogP contribution in [0, 0.1) is 5.92 Å². The second kappa shape index (κ2) is 5.79. The maximum atomic E-state index is 6.03. The molecule has 0 bridgehead atoms. The van der Waals surface area contributed by atoms with Crippen molar-refractivity contribution >= 4 is 11.6 Å². The van der Waals surface area contributed by atoms with E-state index >= 15 is 0 Å². The van der Waals surface area contributed by atoms with Crippen LogP contribution in [0.25, 0.3) is 0 Å². The lowest BCUT2D eigenvalue weighted by Crippen LogP contribution is -2.33. The summed E-state index contributed by atoms with van der Waals surface area (Å²) in [7, 11) is 0. The predicted octanol–water partition coefficient (Wildman–Crippen LogP) is 5.69. The minimum atomic E-state index is 0.0614. The summed E-state index contributed by atoms with van der Waals surface area (Å²) in [4.78, 5) is 0. The molecule has 0 amide bonds. The molecule has 0 nitrogen and oxygen atoms in total. The molecule has 0 spiro atoms. The summed E-state index contributed by atoms with van der Waals surface area (Å²) in [6, 6.07) is 19.1. The fourth-order valence-corrected chi connectivity index (χ4v) is 3.26. The van der Waals surface area contributed by atoms with Gasteiger partial charge in [0.25, 0.3) is 0 Å². The third-order valence-corrected chi connectivity index (χ3v) is 4.44. The Morgan fingerprint density at radius 2 is 1.42 bits per heavy atom. The zero-order chi connectivity index (χ0) is 13.9. The van der Waals surface area contributed by atoms with Gasteiger partial charge in [-0.1, -0.05) is 74.8 Å². The average Bonchev–Trinajstić information content (AvgIpc) is 2.43. The van der Waals surface area contributed by atoms with Crippen LogP contribution in [-0.2, 0) is 5.41 Å². The summed E-state index contributed by atoms with van der Waals surface area (Å²) < 4.78 is 0. The highest BCUT2D eigenvalue weighted by Crippen LogP contribution is 2.42. The predicted molar refractivity (Wildman–Crippen MR) is 83.8 cm³/mol. The van der Waals surface area contributed by atoms with Gasteiger partial charge in [-0.15, -0.1) is 0 Å². The van der Waals surface area contributed by atoms with Gasteiger partial charge in [0.05, 0.1) is 0 Å². The summed E-state index contributed by atoms with van der Waals surface area (Å²) in [6.45, 7) is 6.86. The molecular formula is C18H21Cl. The van der Waals surface area contributed by atoms with Gasteiger partial charge in [0.15, 0.2) is 0 Å². The Bertz CT molecular complexity index is 513. The van der Waals surface area contributed by atoms with E-state index in [2.05, 4.69) is 63.2 Å². The van der Waals surface area contributed by atoms with E-state index in [0.29, 0.717) is 5.92 Å². The average molecular weight is 273 g/mol. The van der Waals surface area contributed by atoms with Crippen molar-refractivity contribution < 1.29 is 0 Å². The smallest absolute Gasteiger partial charge is 0.0406 e. The summed E-state index contributed by atoms with van der Waals surface area (Å²) in [5, 5.41) is 0.797. The Kier molecular flexibility index (Phi) is 4.31. The Labute approximate surface area is 121 Å². The topological polar surface area (TPSA) is 0 Å². The van der Waals surface area contributed by atoms with Gasteiger partial charge in [0.2, 0.25) is 0 Å². The van der Waals surface area contributed by atoms with E-state index in [1.807, 2.05) is 12.1 Å². The summed E-state index contributed by atoms with van der Waals surface area (Å²) in [6.07, 6.45) is 1.08. The monoisotopic (exact) mass is 272 g/mol. The van der Waals surface area contributed by atoms with Crippen molar-refractivity contribution in [3.05, 3.63) is 70.7 Å². The number of rotatable bonds is 4. The van der Waals surface area contributed by atoms with Crippen molar-refractivity contribution in [1.29, 1.82) is 0 Å². The second-order valence-corrected chi connectivity index (χ2v) is 5.79. The van der Waals surface area contributed by atoms with Crippen LogP contribution in [0.2, 0.25) is 5.02 Å². The highest BCUT2D eigenvalue weighted by Gasteiger charge is 2.35. The van der Waals surface area contributed by atoms with Crippen LogP contribution >= 0.6 is 11.6 Å². The Morgan fingerprint density at radius 3 is 1.89 bits per heavy atom. The fraction of sp³-hybridized carbons (Fsp3) is 0.333. The quantitative estimate of drug-likeness (QED) is 0.670. The van der Waals surface area contributed by atoms with Crippen molar-refractivity contribution in [1.82, 2.24) is 0 Å². The van der Waals surface area contributed by atoms with Crippen LogP contribution in [0.5, 0.6) is 0 Å². The first-order valence-electron chi connectivity index (χ1n) is 6.93. The van der Waals surface area contributed by atoms with Crippen molar-refractivity contribution in [2.45, 2.75) is 32.6 Å². The molecule has 0 N–H and O–H groups in total. The SMILES string of the molecule is CCC(c1ccccc1)(c1ccc(Cl)cc1)C(C)C. The van der Waals surface area contributed by atoms with Crippen LogP contribution in [-0.4, -0.2) is 0 Å². The first-order chi connectivity index (χ1) is 9.11. The molecule has 0 aliphatic rings. The van der Waals surface area contributed by atoms with E-state index < -0.39 is 0 Å². The van der Waals surface area contributed by atoms with E-state index in [-0.39, 0.29) is 5.41 Å². The molecule has 2 rings (SSSR count). The van der Waals surface area contributed by atoms with Crippen molar-refractivity contribution in [3.63, 3.8) is 0 Å². The fourth-order valence-electron chi connectivity index (χ4n) is 3.13. The Morgan fingerprint density at radius 1 is 0.895 bits per heavy atom. The second-order valence-electron chi connectivity index (χ2n) is 5.35. The minimum absolute atomic E-state index is 0.0614. The molecule has 19 heavy (non-hydrogen) atoms. The number of hydrogen-bond acceptors (Lipinski definition) is 0. The zero-order valence-corrected chi connectivity index (χ0v) is 12.6. The third kappa shape index (κ3) is 2.55. The van der Waals surface area contributed by atoms with E-state index in [1.165, 1.54) is 11.1 Å². The molecule has 2 aromatic carbocycles. The van der Waals surface area contributed by atoms with E-state index in [0.717, 1.165) is 11.4 Å². The maximum Gasteiger partial charge on any atom is 0.0406 e. The lowest BCUT2D eigenvalue weighted by molar-refractivity contribution is 0.358. The summed E-state index contributed by atoms with van der Waals surface area (Å²) >= 11 is 6.03. The lowest BCUT2D eigenvalue weighted by atomic mass is 9.65. The molecule has 2 aromatic rings. The van der Waals surface area contributed by atoms with Crippen molar-refractivity contribution in [3.8, 4) is 0 Å². The minimum Gasteiger partial charge on any atom is -0.0843 e. The van der Waals surface area contributed by atoms with Gasteiger partial charge in [0.1, 0.15) is 0 Å². The van der Waals surface area contributed by atoms with Gasteiger partial charge in [-0.05, 0) is 35.6 Å². The summed E-state index contributed by atoms with van der Waals surface area (Å²) in [5.74, 6) is 0.529. The van der Waals surface area contributed by atoms with Crippen molar-refractivity contribution in [2.75, 3.05) is 0 Å². The normalized spacial score (nSPS) is 14.4. The molecule has 0 aliphatic carbocycles. The van der Waals surface area contributed by atoms with Crippen LogP contribution in [0.15, 0.2) is 54.6 Å². The van der Waals surface area contributed by atoms with Crippen LogP contribution < -0.4 is 0 Å². The molecule has 0 saturated carbocycles. The molecule has 0 aromatic heterocycles. The highest BCUT2D eigenvalue weighted by atomic mass is 35.5. The number of hydrogen-bond donors (Lipinski definition) is 0. The van der Waals surface area contributed by atoms with Crippen LogP contribution in [0.4, 0.5) is 0 Å². The van der Waals surface area contributed by atoms with E-state index in [1.54, 1.807) is 0 Å². The van der Waals surface area contributed by atoms with Crippen LogP contribution in [0.1, 0.15) is 38.3 Å². The van der Waals surface area contributed by atoms with E-state index in [9.17, 15) is 0 Å². The Balaban J connectivity index is 2.61. The molecule has 1 heteroatoms. The molecule has 1 atom stereocenters. The molecule has 0 saturated heterocycles. The molecule has 0 radical (unpaired) electrons. The first kappa shape index (κ1) is 14.1. The third-order valence-electron chi connectivity index (χ3n) is 4.19. The standard InChI is InChI=1S/C18H21Cl/c1-4-18(14(2)3,15-8-6-5-7-9-15)16-10-12-17(19)13-11-16/h5-14H,4H2,1-3H3. The molecular weight excluding hydrogens is 252 g/mol. The number of benzene rings is 2. The largest absolute Gasteiger partial charge is 0.0843 e. The van der Waals surface area contributed by atoms with Gasteiger partial charge >= 0.3 is 0 Å². The number of halogens is 1. The lowest BCUT2D eigenvalue weighted by Gasteiger charge is -2.38. The van der Waals surface area contributed by atoms with Gasteiger partial charge in [-0.2, -0.15) is 0 Å². The molecule has 0 heterocycles. The zero-order valence-electron chi connectivity index (χ0n) is 11.9. The molecule has 100 valence electrons. The van der Waals surface area contributed by atoms with E-state index in [4.69, 9.17) is 11.6 Å². The Hall–Kier alpha value is -1.27. The van der Waals surface area contributed by atoms with Gasteiger partial charge < -0.3 is 0 Å². The molecule has 0 aliphatic heterocycles. The maximum absolute atomic E-state index is 6.03. The van der Waals surface area contributed by atoms with Crippen molar-refractivity contribution in [2.24, 2.45) is 5.92 Å². The first-order valence-corrected chi connectivity index (χ1v) is 7.30. The molecule has 1 unspecified atom stereocenters. The van der Waals surface area contributed by atoms with Crippen LogP contribution in [0.3, 0.4) is 0 Å². The van der Waals surface area contributed by atoms with Gasteiger partial charge in [-0.3, -0.25) is 0 Å².